The van der Waals surface area contributed by atoms with Crippen LogP contribution in [0.25, 0.3) is 16.6 Å². The fourth-order valence-electron chi connectivity index (χ4n) is 3.74. The highest BCUT2D eigenvalue weighted by atomic mass is 16.5. The van der Waals surface area contributed by atoms with Gasteiger partial charge in [-0.15, -0.1) is 0 Å². The van der Waals surface area contributed by atoms with Gasteiger partial charge in [-0.2, -0.15) is 0 Å². The normalized spacial score (nSPS) is 12.6. The summed E-state index contributed by atoms with van der Waals surface area (Å²) >= 11 is 0. The predicted molar refractivity (Wildman–Crippen MR) is 132 cm³/mol. The number of hydrogen-bond donors (Lipinski definition) is 1. The molecule has 0 radical (unpaired) electrons. The van der Waals surface area contributed by atoms with E-state index in [-0.39, 0.29) is 11.6 Å². The van der Waals surface area contributed by atoms with Crippen LogP contribution in [-0.4, -0.2) is 46.3 Å². The molecule has 7 nitrogen and oxygen atoms in total. The van der Waals surface area contributed by atoms with Crippen LogP contribution in [0.2, 0.25) is 0 Å². The van der Waals surface area contributed by atoms with Crippen molar-refractivity contribution >= 4 is 16.9 Å². The summed E-state index contributed by atoms with van der Waals surface area (Å²) in [5, 5.41) is 3.56. The number of benzene rings is 2. The van der Waals surface area contributed by atoms with Crippen molar-refractivity contribution < 1.29 is 9.53 Å². The number of nitrogens with zero attached hydrogens (tertiary/aromatic N) is 3. The van der Waals surface area contributed by atoms with E-state index < -0.39 is 11.6 Å². The molecule has 0 fully saturated rings. The number of para-hydroxylation sites is 1. The highest BCUT2D eigenvalue weighted by Crippen LogP contribution is 2.24. The quantitative estimate of drug-likeness (QED) is 0.599. The molecule has 7 heteroatoms. The molecule has 3 rings (SSSR count). The van der Waals surface area contributed by atoms with Gasteiger partial charge in [0.25, 0.3) is 5.56 Å². The van der Waals surface area contributed by atoms with Crippen molar-refractivity contribution in [2.45, 2.75) is 53.1 Å². The minimum atomic E-state index is -0.485. The number of carbonyl (C=O) groups is 1. The molecule has 176 valence electrons. The molecule has 0 bridgehead atoms. The number of rotatable bonds is 6. The summed E-state index contributed by atoms with van der Waals surface area (Å²) in [6, 6.07) is 12.5. The molecule has 33 heavy (non-hydrogen) atoms. The summed E-state index contributed by atoms with van der Waals surface area (Å²) in [6.45, 7) is 12.5. The topological polar surface area (TPSA) is 76.5 Å². The third-order valence-electron chi connectivity index (χ3n) is 5.67. The van der Waals surface area contributed by atoms with Gasteiger partial charge in [-0.1, -0.05) is 18.2 Å². The largest absolute Gasteiger partial charge is 0.383 e. The van der Waals surface area contributed by atoms with Crippen molar-refractivity contribution in [3.8, 4) is 5.69 Å². The Kier molecular flexibility index (Phi) is 7.22. The number of aryl methyl sites for hydroxylation is 2. The first-order valence-corrected chi connectivity index (χ1v) is 11.2. The molecule has 0 aliphatic heterocycles. The maximum Gasteiger partial charge on any atom is 0.318 e. The Balaban J connectivity index is 2.22. The lowest BCUT2D eigenvalue weighted by molar-refractivity contribution is 0.126. The molecule has 2 amide bonds. The van der Waals surface area contributed by atoms with E-state index in [0.717, 1.165) is 16.8 Å². The summed E-state index contributed by atoms with van der Waals surface area (Å²) in [6.07, 6.45) is 0. The first kappa shape index (κ1) is 24.5. The molecule has 2 aromatic carbocycles. The molecule has 0 spiro atoms. The Morgan fingerprint density at radius 1 is 1.15 bits per heavy atom. The second-order valence-electron chi connectivity index (χ2n) is 9.44. The Morgan fingerprint density at radius 2 is 1.85 bits per heavy atom. The minimum Gasteiger partial charge on any atom is -0.383 e. The van der Waals surface area contributed by atoms with Gasteiger partial charge in [-0.25, -0.2) is 9.78 Å². The minimum absolute atomic E-state index is 0.159. The third kappa shape index (κ3) is 5.42. The molecule has 1 unspecified atom stereocenters. The van der Waals surface area contributed by atoms with Crippen LogP contribution in [0.3, 0.4) is 0 Å². The van der Waals surface area contributed by atoms with Crippen molar-refractivity contribution in [2.24, 2.45) is 0 Å². The van der Waals surface area contributed by atoms with E-state index in [4.69, 9.17) is 9.72 Å². The van der Waals surface area contributed by atoms with E-state index in [0.29, 0.717) is 29.9 Å². The van der Waals surface area contributed by atoms with Crippen LogP contribution in [0.15, 0.2) is 47.3 Å². The van der Waals surface area contributed by atoms with E-state index in [9.17, 15) is 9.59 Å². The number of carbonyl (C=O) groups excluding carboxylic acids is 1. The predicted octanol–water partition coefficient (Wildman–Crippen LogP) is 4.52. The lowest BCUT2D eigenvalue weighted by Gasteiger charge is -2.33. The summed E-state index contributed by atoms with van der Waals surface area (Å²) in [4.78, 5) is 33.4. The number of aromatic nitrogens is 2. The van der Waals surface area contributed by atoms with Gasteiger partial charge in [-0.3, -0.25) is 9.36 Å². The zero-order valence-corrected chi connectivity index (χ0v) is 20.6. The number of urea groups is 1. The number of ether oxygens (including phenoxy) is 1. The molecular formula is C26H34N4O3. The van der Waals surface area contributed by atoms with E-state index in [1.54, 1.807) is 22.6 Å². The van der Waals surface area contributed by atoms with Crippen LogP contribution in [0.5, 0.6) is 0 Å². The van der Waals surface area contributed by atoms with Gasteiger partial charge >= 0.3 is 6.03 Å². The van der Waals surface area contributed by atoms with Crippen LogP contribution in [-0.2, 0) is 4.74 Å². The van der Waals surface area contributed by atoms with E-state index in [2.05, 4.69) is 5.32 Å². The smallest absolute Gasteiger partial charge is 0.318 e. The van der Waals surface area contributed by atoms with Gasteiger partial charge in [-0.05, 0) is 76.9 Å². The van der Waals surface area contributed by atoms with E-state index >= 15 is 0 Å². The zero-order chi connectivity index (χ0) is 24.3. The number of methoxy groups -OCH3 is 1. The zero-order valence-electron chi connectivity index (χ0n) is 20.6. The highest BCUT2D eigenvalue weighted by molar-refractivity contribution is 5.78. The first-order valence-electron chi connectivity index (χ1n) is 11.2. The van der Waals surface area contributed by atoms with Crippen LogP contribution >= 0.6 is 0 Å². The standard InChI is InChI=1S/C26H34N4O3/c1-17-12-13-20(16-18(17)2)30-23(27-22-11-9-8-10-21(22)24(30)31)19(3)29(14-15-33-7)25(32)28-26(4,5)6/h8-13,16,19H,14-15H2,1-7H3,(H,28,32). The first-order chi connectivity index (χ1) is 15.5. The molecule has 1 atom stereocenters. The van der Waals surface area contributed by atoms with Crippen LogP contribution < -0.4 is 10.9 Å². The van der Waals surface area contributed by atoms with E-state index in [1.165, 1.54) is 0 Å². The van der Waals surface area contributed by atoms with E-state index in [1.807, 2.05) is 77.9 Å². The molecule has 0 saturated carbocycles. The summed E-state index contributed by atoms with van der Waals surface area (Å²) < 4.78 is 6.89. The van der Waals surface area contributed by atoms with Crippen molar-refractivity contribution in [3.05, 3.63) is 69.8 Å². The maximum atomic E-state index is 13.7. The maximum absolute atomic E-state index is 13.7. The fourth-order valence-corrected chi connectivity index (χ4v) is 3.74. The number of fused-ring (bicyclic) bond motifs is 1. The Hall–Kier alpha value is -3.19. The van der Waals surface area contributed by atoms with Gasteiger partial charge in [0.15, 0.2) is 0 Å². The van der Waals surface area contributed by atoms with Gasteiger partial charge in [0, 0.05) is 19.2 Å². The Morgan fingerprint density at radius 3 is 2.48 bits per heavy atom. The average Bonchev–Trinajstić information content (AvgIpc) is 2.74. The van der Waals surface area contributed by atoms with Crippen LogP contribution in [0.4, 0.5) is 4.79 Å². The lowest BCUT2D eigenvalue weighted by Crippen LogP contribution is -2.50. The van der Waals surface area contributed by atoms with Crippen molar-refractivity contribution in [1.82, 2.24) is 19.8 Å². The second-order valence-corrected chi connectivity index (χ2v) is 9.44. The van der Waals surface area contributed by atoms with Crippen LogP contribution in [0.1, 0.15) is 50.7 Å². The number of amides is 2. The molecule has 1 N–H and O–H groups in total. The van der Waals surface area contributed by atoms with Gasteiger partial charge in [0.2, 0.25) is 0 Å². The highest BCUT2D eigenvalue weighted by Gasteiger charge is 2.28. The summed E-state index contributed by atoms with van der Waals surface area (Å²) in [5.41, 5.74) is 2.98. The Bertz CT molecular complexity index is 1210. The van der Waals surface area contributed by atoms with Crippen molar-refractivity contribution in [2.75, 3.05) is 20.3 Å². The van der Waals surface area contributed by atoms with Gasteiger partial charge < -0.3 is 15.0 Å². The lowest BCUT2D eigenvalue weighted by atomic mass is 10.1. The molecule has 1 aromatic heterocycles. The second kappa shape index (κ2) is 9.75. The van der Waals surface area contributed by atoms with Gasteiger partial charge in [0.05, 0.1) is 29.2 Å². The average molecular weight is 451 g/mol. The number of nitrogens with one attached hydrogen (secondary N) is 1. The fraction of sp³-hybridized carbons (Fsp3) is 0.423. The SMILES string of the molecule is COCCN(C(=O)NC(C)(C)C)C(C)c1nc2ccccc2c(=O)n1-c1ccc(C)c(C)c1. The molecular weight excluding hydrogens is 416 g/mol. The molecule has 0 aliphatic carbocycles. The summed E-state index contributed by atoms with van der Waals surface area (Å²) in [5.74, 6) is 0.502. The third-order valence-corrected chi connectivity index (χ3v) is 5.67. The summed E-state index contributed by atoms with van der Waals surface area (Å²) in [7, 11) is 1.60. The Labute approximate surface area is 195 Å². The molecule has 1 heterocycles. The van der Waals surface area contributed by atoms with Crippen molar-refractivity contribution in [1.29, 1.82) is 0 Å². The van der Waals surface area contributed by atoms with Crippen LogP contribution in [0, 0.1) is 13.8 Å². The van der Waals surface area contributed by atoms with Gasteiger partial charge in [0.1, 0.15) is 5.82 Å². The molecule has 0 aliphatic rings. The molecule has 0 saturated heterocycles. The molecule has 3 aromatic rings. The monoisotopic (exact) mass is 450 g/mol. The van der Waals surface area contributed by atoms with Crippen molar-refractivity contribution in [3.63, 3.8) is 0 Å². The number of hydrogen-bond acceptors (Lipinski definition) is 4.